The summed E-state index contributed by atoms with van der Waals surface area (Å²) >= 11 is 0. The van der Waals surface area contributed by atoms with Gasteiger partial charge in [0.25, 0.3) is 5.91 Å². The van der Waals surface area contributed by atoms with Crippen LogP contribution in [0.5, 0.6) is 0 Å². The molecule has 0 unspecified atom stereocenters. The molecular formula is C16H24N4O2. The van der Waals surface area contributed by atoms with E-state index in [0.717, 1.165) is 38.5 Å². The number of rotatable bonds is 5. The average Bonchev–Trinajstić information content (AvgIpc) is 2.43. The van der Waals surface area contributed by atoms with Crippen molar-refractivity contribution >= 4 is 11.9 Å². The van der Waals surface area contributed by atoms with E-state index in [-0.39, 0.29) is 6.10 Å². The number of hydrogen-bond donors (Lipinski definition) is 3. The van der Waals surface area contributed by atoms with Crippen molar-refractivity contribution in [1.29, 1.82) is 0 Å². The number of nitrogens with one attached hydrogen (secondary N) is 1. The van der Waals surface area contributed by atoms with Crippen molar-refractivity contribution in [2.24, 2.45) is 11.7 Å². The second kappa shape index (κ2) is 6.60. The van der Waals surface area contributed by atoms with Gasteiger partial charge in [-0.25, -0.2) is 9.97 Å². The third kappa shape index (κ3) is 3.55. The van der Waals surface area contributed by atoms with Crippen LogP contribution in [0, 0.1) is 5.92 Å². The van der Waals surface area contributed by atoms with Crippen LogP contribution in [-0.2, 0) is 6.42 Å². The molecule has 4 N–H and O–H groups in total. The molecule has 0 aromatic carbocycles. The third-order valence-corrected chi connectivity index (χ3v) is 4.81. The van der Waals surface area contributed by atoms with Crippen LogP contribution in [0.2, 0.25) is 0 Å². The summed E-state index contributed by atoms with van der Waals surface area (Å²) in [5.74, 6) is 0.455. The first-order valence-electron chi connectivity index (χ1n) is 8.22. The van der Waals surface area contributed by atoms with Gasteiger partial charge in [-0.05, 0) is 50.9 Å². The van der Waals surface area contributed by atoms with Gasteiger partial charge in [0.05, 0.1) is 17.4 Å². The zero-order valence-electron chi connectivity index (χ0n) is 12.8. The summed E-state index contributed by atoms with van der Waals surface area (Å²) in [7, 11) is 0. The first kappa shape index (κ1) is 15.2. The van der Waals surface area contributed by atoms with Gasteiger partial charge >= 0.3 is 0 Å². The molecule has 120 valence electrons. The van der Waals surface area contributed by atoms with E-state index < -0.39 is 5.91 Å². The standard InChI is InChI=1S/C16H24N4O2/c17-15(22)13-9-18-16(19-11-4-2-5-11)20-14(13)8-10-3-1-6-12(21)7-10/h9-12,21H,1-8H2,(H2,17,22)(H,18,19,20)/t10-,12+/m1/s1. The normalized spacial score (nSPS) is 25.5. The molecular weight excluding hydrogens is 280 g/mol. The van der Waals surface area contributed by atoms with Gasteiger partial charge in [0.1, 0.15) is 0 Å². The molecule has 1 aromatic heterocycles. The average molecular weight is 304 g/mol. The van der Waals surface area contributed by atoms with Crippen molar-refractivity contribution in [2.45, 2.75) is 63.5 Å². The molecule has 0 aliphatic heterocycles. The van der Waals surface area contributed by atoms with Gasteiger partial charge in [0.2, 0.25) is 5.95 Å². The summed E-state index contributed by atoms with van der Waals surface area (Å²) in [5, 5.41) is 13.1. The summed E-state index contributed by atoms with van der Waals surface area (Å²) in [6, 6.07) is 0.448. The lowest BCUT2D eigenvalue weighted by molar-refractivity contribution is 0.0987. The van der Waals surface area contributed by atoms with Crippen LogP contribution in [-0.4, -0.2) is 33.1 Å². The Morgan fingerprint density at radius 1 is 1.32 bits per heavy atom. The largest absolute Gasteiger partial charge is 0.393 e. The minimum atomic E-state index is -0.485. The predicted molar refractivity (Wildman–Crippen MR) is 83.5 cm³/mol. The van der Waals surface area contributed by atoms with Crippen molar-refractivity contribution in [2.75, 3.05) is 5.32 Å². The topological polar surface area (TPSA) is 101 Å². The van der Waals surface area contributed by atoms with Gasteiger partial charge < -0.3 is 16.2 Å². The van der Waals surface area contributed by atoms with E-state index in [1.165, 1.54) is 12.6 Å². The second-order valence-corrected chi connectivity index (χ2v) is 6.58. The molecule has 0 bridgehead atoms. The van der Waals surface area contributed by atoms with E-state index in [1.54, 1.807) is 0 Å². The highest BCUT2D eigenvalue weighted by atomic mass is 16.3. The minimum absolute atomic E-state index is 0.231. The molecule has 0 radical (unpaired) electrons. The fourth-order valence-corrected chi connectivity index (χ4v) is 3.30. The number of nitrogens with zero attached hydrogens (tertiary/aromatic N) is 2. The van der Waals surface area contributed by atoms with E-state index in [0.29, 0.717) is 35.6 Å². The Morgan fingerprint density at radius 3 is 2.73 bits per heavy atom. The fraction of sp³-hybridized carbons (Fsp3) is 0.688. The number of primary amides is 1. The number of nitrogens with two attached hydrogens (primary N) is 1. The van der Waals surface area contributed by atoms with Crippen molar-refractivity contribution in [3.63, 3.8) is 0 Å². The lowest BCUT2D eigenvalue weighted by atomic mass is 9.84. The molecule has 2 saturated carbocycles. The maximum atomic E-state index is 11.6. The van der Waals surface area contributed by atoms with Crippen LogP contribution in [0.25, 0.3) is 0 Å². The SMILES string of the molecule is NC(=O)c1cnc(NC2CCC2)nc1C[C@@H]1CCC[C@H](O)C1. The summed E-state index contributed by atoms with van der Waals surface area (Å²) in [4.78, 5) is 20.3. The molecule has 22 heavy (non-hydrogen) atoms. The molecule has 3 rings (SSSR count). The maximum Gasteiger partial charge on any atom is 0.252 e. The van der Waals surface area contributed by atoms with Crippen molar-refractivity contribution in [3.8, 4) is 0 Å². The van der Waals surface area contributed by atoms with Crippen LogP contribution >= 0.6 is 0 Å². The Balaban J connectivity index is 1.75. The zero-order chi connectivity index (χ0) is 15.5. The fourth-order valence-electron chi connectivity index (χ4n) is 3.30. The quantitative estimate of drug-likeness (QED) is 0.767. The summed E-state index contributed by atoms with van der Waals surface area (Å²) in [6.07, 6.45) is 9.23. The van der Waals surface area contributed by atoms with Crippen molar-refractivity contribution < 1.29 is 9.90 Å². The summed E-state index contributed by atoms with van der Waals surface area (Å²) in [6.45, 7) is 0. The monoisotopic (exact) mass is 304 g/mol. The molecule has 6 nitrogen and oxygen atoms in total. The number of aliphatic hydroxyl groups is 1. The number of carbonyl (C=O) groups excluding carboxylic acids is 1. The minimum Gasteiger partial charge on any atom is -0.393 e. The smallest absolute Gasteiger partial charge is 0.252 e. The van der Waals surface area contributed by atoms with Gasteiger partial charge in [-0.15, -0.1) is 0 Å². The van der Waals surface area contributed by atoms with E-state index in [4.69, 9.17) is 5.73 Å². The molecule has 6 heteroatoms. The molecule has 0 spiro atoms. The highest BCUT2D eigenvalue weighted by Gasteiger charge is 2.24. The van der Waals surface area contributed by atoms with Gasteiger partial charge in [0.15, 0.2) is 0 Å². The number of hydrogen-bond acceptors (Lipinski definition) is 5. The van der Waals surface area contributed by atoms with E-state index >= 15 is 0 Å². The van der Waals surface area contributed by atoms with Crippen molar-refractivity contribution in [3.05, 3.63) is 17.5 Å². The van der Waals surface area contributed by atoms with Gasteiger partial charge in [-0.1, -0.05) is 6.42 Å². The predicted octanol–water partition coefficient (Wildman–Crippen LogP) is 1.63. The van der Waals surface area contributed by atoms with Crippen LogP contribution in [0.1, 0.15) is 61.0 Å². The number of amides is 1. The second-order valence-electron chi connectivity index (χ2n) is 6.58. The van der Waals surface area contributed by atoms with Crippen LogP contribution < -0.4 is 11.1 Å². The van der Waals surface area contributed by atoms with Crippen LogP contribution in [0.3, 0.4) is 0 Å². The first-order valence-corrected chi connectivity index (χ1v) is 8.22. The Morgan fingerprint density at radius 2 is 2.09 bits per heavy atom. The Kier molecular flexibility index (Phi) is 4.57. The zero-order valence-corrected chi connectivity index (χ0v) is 12.8. The molecule has 2 fully saturated rings. The summed E-state index contributed by atoms with van der Waals surface area (Å²) < 4.78 is 0. The van der Waals surface area contributed by atoms with Gasteiger partial charge in [0, 0.05) is 12.2 Å². The van der Waals surface area contributed by atoms with Crippen LogP contribution in [0.15, 0.2) is 6.20 Å². The molecule has 1 amide bonds. The molecule has 0 saturated heterocycles. The molecule has 2 aliphatic rings. The van der Waals surface area contributed by atoms with E-state index in [1.807, 2.05) is 0 Å². The Hall–Kier alpha value is -1.69. The highest BCUT2D eigenvalue weighted by Crippen LogP contribution is 2.28. The molecule has 2 aliphatic carbocycles. The number of carbonyl (C=O) groups is 1. The maximum absolute atomic E-state index is 11.6. The summed E-state index contributed by atoms with van der Waals surface area (Å²) in [5.41, 5.74) is 6.56. The lowest BCUT2D eigenvalue weighted by Gasteiger charge is -2.27. The first-order chi connectivity index (χ1) is 10.6. The van der Waals surface area contributed by atoms with Crippen molar-refractivity contribution in [1.82, 2.24) is 9.97 Å². The molecule has 1 heterocycles. The third-order valence-electron chi connectivity index (χ3n) is 4.81. The molecule has 2 atom stereocenters. The lowest BCUT2D eigenvalue weighted by Crippen LogP contribution is -2.29. The number of aliphatic hydroxyl groups excluding tert-OH is 1. The molecule has 1 aromatic rings. The van der Waals surface area contributed by atoms with Crippen LogP contribution in [0.4, 0.5) is 5.95 Å². The Labute approximate surface area is 130 Å². The number of aromatic nitrogens is 2. The van der Waals surface area contributed by atoms with E-state index in [9.17, 15) is 9.90 Å². The number of anilines is 1. The van der Waals surface area contributed by atoms with Gasteiger partial charge in [-0.2, -0.15) is 0 Å². The Bertz CT molecular complexity index is 545. The highest BCUT2D eigenvalue weighted by molar-refractivity contribution is 5.93. The van der Waals surface area contributed by atoms with Gasteiger partial charge in [-0.3, -0.25) is 4.79 Å². The van der Waals surface area contributed by atoms with E-state index in [2.05, 4.69) is 15.3 Å².